The Kier molecular flexibility index (Phi) is 4.46. The second kappa shape index (κ2) is 5.87. The lowest BCUT2D eigenvalue weighted by Crippen LogP contribution is -1.85. The Hall–Kier alpha value is -0.290. The van der Waals surface area contributed by atoms with Crippen molar-refractivity contribution in [3.05, 3.63) is 44.9 Å². The van der Waals surface area contributed by atoms with Gasteiger partial charge in [0.25, 0.3) is 0 Å². The van der Waals surface area contributed by atoms with Gasteiger partial charge in [0.05, 0.1) is 0 Å². The van der Waals surface area contributed by atoms with E-state index in [1.807, 2.05) is 24.3 Å². The van der Waals surface area contributed by atoms with Crippen molar-refractivity contribution in [2.75, 3.05) is 0 Å². The molecule has 2 rings (SSSR count). The van der Waals surface area contributed by atoms with Crippen LogP contribution in [0.15, 0.2) is 24.3 Å². The van der Waals surface area contributed by atoms with Crippen LogP contribution in [0.25, 0.3) is 0 Å². The van der Waals surface area contributed by atoms with Crippen LogP contribution in [0.4, 0.5) is 0 Å². The topological polar surface area (TPSA) is 25.8 Å². The van der Waals surface area contributed by atoms with Gasteiger partial charge in [-0.15, -0.1) is 5.10 Å². The molecule has 2 aromatic rings. The van der Waals surface area contributed by atoms with Crippen molar-refractivity contribution in [1.82, 2.24) is 9.59 Å². The average Bonchev–Trinajstić information content (AvgIpc) is 2.67. The predicted octanol–water partition coefficient (Wildman–Crippen LogP) is 4.28. The van der Waals surface area contributed by atoms with Gasteiger partial charge in [-0.1, -0.05) is 45.9 Å². The summed E-state index contributed by atoms with van der Waals surface area (Å²) in [4.78, 5) is 0. The molecule has 2 nitrogen and oxygen atoms in total. The Bertz CT molecular complexity index is 473. The van der Waals surface area contributed by atoms with Gasteiger partial charge in [-0.2, -0.15) is 11.8 Å². The molecule has 0 amide bonds. The van der Waals surface area contributed by atoms with Crippen molar-refractivity contribution in [3.8, 4) is 0 Å². The largest absolute Gasteiger partial charge is 0.151 e. The fraction of sp³-hybridized carbons (Fsp3) is 0.200. The maximum absolute atomic E-state index is 6.05. The van der Waals surface area contributed by atoms with E-state index < -0.39 is 0 Å². The molecule has 0 unspecified atom stereocenters. The summed E-state index contributed by atoms with van der Waals surface area (Å²) in [5.74, 6) is 1.62. The number of nitrogens with zero attached hydrogens (tertiary/aromatic N) is 2. The van der Waals surface area contributed by atoms with E-state index in [1.54, 1.807) is 11.8 Å². The monoisotopic (exact) mass is 290 g/mol. The summed E-state index contributed by atoms with van der Waals surface area (Å²) < 4.78 is 4.46. The lowest BCUT2D eigenvalue weighted by Gasteiger charge is -2.02. The Morgan fingerprint density at radius 3 is 2.69 bits per heavy atom. The highest BCUT2D eigenvalue weighted by molar-refractivity contribution is 7.97. The van der Waals surface area contributed by atoms with Crippen LogP contribution in [0.3, 0.4) is 0 Å². The summed E-state index contributed by atoms with van der Waals surface area (Å²) in [5.41, 5.74) is 1.98. The van der Waals surface area contributed by atoms with Gasteiger partial charge in [-0.05, 0) is 11.6 Å². The lowest BCUT2D eigenvalue weighted by atomic mass is 10.2. The predicted molar refractivity (Wildman–Crippen MR) is 71.4 cm³/mol. The molecular formula is C10H8Cl2N2S2. The highest BCUT2D eigenvalue weighted by Crippen LogP contribution is 2.26. The standard InChI is InChI=1S/C10H8Cl2N2S2/c11-8-4-2-1-3-7(8)5-15-6-9-10(12)16-14-13-9/h1-4H,5-6H2. The van der Waals surface area contributed by atoms with Gasteiger partial charge < -0.3 is 0 Å². The van der Waals surface area contributed by atoms with Gasteiger partial charge in [0.1, 0.15) is 10.0 Å². The average molecular weight is 291 g/mol. The number of hydrogen-bond donors (Lipinski definition) is 0. The normalized spacial score (nSPS) is 10.6. The number of benzene rings is 1. The van der Waals surface area contributed by atoms with Crippen molar-refractivity contribution in [2.24, 2.45) is 0 Å². The van der Waals surface area contributed by atoms with Crippen LogP contribution in [0.1, 0.15) is 11.3 Å². The second-order valence-electron chi connectivity index (χ2n) is 3.08. The molecule has 0 radical (unpaired) electrons. The quantitative estimate of drug-likeness (QED) is 0.841. The third-order valence-corrected chi connectivity index (χ3v) is 4.31. The van der Waals surface area contributed by atoms with Crippen molar-refractivity contribution >= 4 is 46.5 Å². The number of aromatic nitrogens is 2. The van der Waals surface area contributed by atoms with E-state index in [0.717, 1.165) is 27.8 Å². The molecule has 0 bridgehead atoms. The molecule has 0 saturated heterocycles. The SMILES string of the molecule is Clc1ccccc1CSCc1nnsc1Cl. The molecule has 84 valence electrons. The fourth-order valence-corrected chi connectivity index (χ4v) is 3.20. The van der Waals surface area contributed by atoms with Gasteiger partial charge in [0, 0.05) is 28.1 Å². The van der Waals surface area contributed by atoms with E-state index in [4.69, 9.17) is 23.2 Å². The molecule has 1 aromatic carbocycles. The third kappa shape index (κ3) is 3.10. The Morgan fingerprint density at radius 1 is 1.19 bits per heavy atom. The van der Waals surface area contributed by atoms with Gasteiger partial charge in [0.15, 0.2) is 0 Å². The Labute approximate surface area is 112 Å². The Balaban J connectivity index is 1.89. The summed E-state index contributed by atoms with van der Waals surface area (Å²) in [6, 6.07) is 7.84. The molecule has 0 aliphatic rings. The minimum atomic E-state index is 0.673. The molecule has 0 fully saturated rings. The van der Waals surface area contributed by atoms with Crippen LogP contribution in [-0.2, 0) is 11.5 Å². The molecule has 0 atom stereocenters. The second-order valence-corrected chi connectivity index (χ2v) is 5.83. The first-order chi connectivity index (χ1) is 7.77. The number of thioether (sulfide) groups is 1. The third-order valence-electron chi connectivity index (χ3n) is 1.96. The van der Waals surface area contributed by atoms with Gasteiger partial charge in [-0.25, -0.2) is 0 Å². The molecule has 16 heavy (non-hydrogen) atoms. The molecule has 1 heterocycles. The maximum atomic E-state index is 6.05. The molecule has 6 heteroatoms. The molecule has 0 aliphatic carbocycles. The zero-order valence-corrected chi connectivity index (χ0v) is 11.3. The van der Waals surface area contributed by atoms with Crippen molar-refractivity contribution in [3.63, 3.8) is 0 Å². The molecule has 0 saturated carbocycles. The van der Waals surface area contributed by atoms with E-state index in [9.17, 15) is 0 Å². The summed E-state index contributed by atoms with van der Waals surface area (Å²) in [6.45, 7) is 0. The summed E-state index contributed by atoms with van der Waals surface area (Å²) in [5, 5.41) is 4.76. The van der Waals surface area contributed by atoms with Gasteiger partial charge >= 0.3 is 0 Å². The molecule has 1 aromatic heterocycles. The summed E-state index contributed by atoms with van der Waals surface area (Å²) in [6.07, 6.45) is 0. The first-order valence-electron chi connectivity index (χ1n) is 4.55. The minimum Gasteiger partial charge on any atom is -0.151 e. The van der Waals surface area contributed by atoms with Gasteiger partial charge in [-0.3, -0.25) is 0 Å². The van der Waals surface area contributed by atoms with Gasteiger partial charge in [0.2, 0.25) is 0 Å². The van der Waals surface area contributed by atoms with Crippen LogP contribution >= 0.6 is 46.5 Å². The zero-order valence-electron chi connectivity index (χ0n) is 8.19. The minimum absolute atomic E-state index is 0.673. The van der Waals surface area contributed by atoms with Crippen LogP contribution in [0, 0.1) is 0 Å². The molecule has 0 spiro atoms. The highest BCUT2D eigenvalue weighted by atomic mass is 35.5. The fourth-order valence-electron chi connectivity index (χ4n) is 1.16. The summed E-state index contributed by atoms with van der Waals surface area (Å²) >= 11 is 14.9. The first-order valence-corrected chi connectivity index (χ1v) is 7.23. The highest BCUT2D eigenvalue weighted by Gasteiger charge is 2.06. The summed E-state index contributed by atoms with van der Waals surface area (Å²) in [7, 11) is 0. The smallest absolute Gasteiger partial charge is 0.138 e. The van der Waals surface area contributed by atoms with Crippen LogP contribution in [0.2, 0.25) is 9.36 Å². The van der Waals surface area contributed by atoms with E-state index in [-0.39, 0.29) is 0 Å². The van der Waals surface area contributed by atoms with Crippen molar-refractivity contribution in [2.45, 2.75) is 11.5 Å². The van der Waals surface area contributed by atoms with E-state index >= 15 is 0 Å². The molecule has 0 aliphatic heterocycles. The number of halogens is 2. The van der Waals surface area contributed by atoms with E-state index in [1.165, 1.54) is 11.5 Å². The van der Waals surface area contributed by atoms with Crippen molar-refractivity contribution < 1.29 is 0 Å². The van der Waals surface area contributed by atoms with Crippen molar-refractivity contribution in [1.29, 1.82) is 0 Å². The van der Waals surface area contributed by atoms with Crippen LogP contribution in [0.5, 0.6) is 0 Å². The molecular weight excluding hydrogens is 283 g/mol. The number of hydrogen-bond acceptors (Lipinski definition) is 4. The maximum Gasteiger partial charge on any atom is 0.138 e. The number of rotatable bonds is 4. The Morgan fingerprint density at radius 2 is 2.00 bits per heavy atom. The van der Waals surface area contributed by atoms with Crippen LogP contribution in [-0.4, -0.2) is 9.59 Å². The van der Waals surface area contributed by atoms with E-state index in [2.05, 4.69) is 9.59 Å². The zero-order chi connectivity index (χ0) is 11.4. The first kappa shape index (κ1) is 12.2. The van der Waals surface area contributed by atoms with E-state index in [0.29, 0.717) is 4.34 Å². The molecule has 0 N–H and O–H groups in total. The van der Waals surface area contributed by atoms with Crippen LogP contribution < -0.4 is 0 Å². The lowest BCUT2D eigenvalue weighted by molar-refractivity contribution is 1.07.